The summed E-state index contributed by atoms with van der Waals surface area (Å²) in [5.74, 6) is -0.442. The van der Waals surface area contributed by atoms with Crippen molar-refractivity contribution in [1.29, 1.82) is 0 Å². The molecule has 0 aliphatic rings. The number of aryl methyl sites for hydroxylation is 2. The van der Waals surface area contributed by atoms with Gasteiger partial charge >= 0.3 is 5.97 Å². The molecule has 1 aromatic heterocycles. The van der Waals surface area contributed by atoms with Crippen LogP contribution in [-0.4, -0.2) is 22.6 Å². The molecule has 4 nitrogen and oxygen atoms in total. The Morgan fingerprint density at radius 2 is 2.19 bits per heavy atom. The number of hydrogen-bond donors (Lipinski definition) is 2. The van der Waals surface area contributed by atoms with Crippen LogP contribution in [0.1, 0.15) is 41.4 Å². The lowest BCUT2D eigenvalue weighted by Crippen LogP contribution is -2.12. The minimum atomic E-state index is -0.927. The maximum Gasteiger partial charge on any atom is 0.339 e. The van der Waals surface area contributed by atoms with Crippen LogP contribution in [-0.2, 0) is 0 Å². The third-order valence-electron chi connectivity index (χ3n) is 2.38. The van der Waals surface area contributed by atoms with Crippen LogP contribution in [0.25, 0.3) is 0 Å². The first-order valence-electron chi connectivity index (χ1n) is 5.51. The van der Waals surface area contributed by atoms with Gasteiger partial charge in [-0.15, -0.1) is 0 Å². The van der Waals surface area contributed by atoms with Gasteiger partial charge in [-0.05, 0) is 31.9 Å². The molecular formula is C12H18N2O2. The van der Waals surface area contributed by atoms with Crippen molar-refractivity contribution in [2.75, 3.05) is 11.9 Å². The Morgan fingerprint density at radius 1 is 1.50 bits per heavy atom. The smallest absolute Gasteiger partial charge is 0.339 e. The Hall–Kier alpha value is -1.58. The van der Waals surface area contributed by atoms with Gasteiger partial charge in [0.05, 0.1) is 0 Å². The van der Waals surface area contributed by atoms with Crippen LogP contribution in [0.5, 0.6) is 0 Å². The first-order valence-corrected chi connectivity index (χ1v) is 5.51. The summed E-state index contributed by atoms with van der Waals surface area (Å²) in [5, 5.41) is 12.2. The largest absolute Gasteiger partial charge is 0.478 e. The van der Waals surface area contributed by atoms with Crippen molar-refractivity contribution < 1.29 is 9.90 Å². The summed E-state index contributed by atoms with van der Waals surface area (Å²) in [6.45, 7) is 6.51. The molecule has 1 aromatic rings. The average molecular weight is 222 g/mol. The number of nitrogens with zero attached hydrogens (tertiary/aromatic N) is 1. The van der Waals surface area contributed by atoms with Gasteiger partial charge < -0.3 is 10.4 Å². The Balaban J connectivity index is 2.99. The van der Waals surface area contributed by atoms with E-state index < -0.39 is 5.97 Å². The number of unbranched alkanes of at least 4 members (excludes halogenated alkanes) is 1. The maximum atomic E-state index is 11.1. The molecule has 2 N–H and O–H groups in total. The van der Waals surface area contributed by atoms with E-state index in [2.05, 4.69) is 17.2 Å². The maximum absolute atomic E-state index is 11.1. The van der Waals surface area contributed by atoms with Crippen molar-refractivity contribution >= 4 is 11.8 Å². The highest BCUT2D eigenvalue weighted by molar-refractivity contribution is 5.94. The third kappa shape index (κ3) is 2.95. The van der Waals surface area contributed by atoms with Gasteiger partial charge in [0.1, 0.15) is 11.4 Å². The second kappa shape index (κ2) is 5.49. The van der Waals surface area contributed by atoms with Gasteiger partial charge in [-0.2, -0.15) is 0 Å². The topological polar surface area (TPSA) is 62.2 Å². The predicted molar refractivity (Wildman–Crippen MR) is 64.1 cm³/mol. The number of aromatic nitrogens is 1. The monoisotopic (exact) mass is 222 g/mol. The molecule has 0 radical (unpaired) electrons. The molecule has 0 fully saturated rings. The van der Waals surface area contributed by atoms with Gasteiger partial charge in [0, 0.05) is 12.2 Å². The van der Waals surface area contributed by atoms with Crippen LogP contribution >= 0.6 is 0 Å². The highest BCUT2D eigenvalue weighted by atomic mass is 16.4. The summed E-state index contributed by atoms with van der Waals surface area (Å²) in [6, 6.07) is 1.79. The molecule has 0 aliphatic carbocycles. The number of anilines is 1. The van der Waals surface area contributed by atoms with Crippen LogP contribution in [0.2, 0.25) is 0 Å². The third-order valence-corrected chi connectivity index (χ3v) is 2.38. The number of hydrogen-bond acceptors (Lipinski definition) is 3. The molecular weight excluding hydrogens is 204 g/mol. The SMILES string of the molecule is CCCCNc1nc(C)cc(C)c1C(=O)O. The normalized spacial score (nSPS) is 10.2. The molecule has 0 unspecified atom stereocenters. The molecule has 0 aromatic carbocycles. The molecule has 16 heavy (non-hydrogen) atoms. The first kappa shape index (κ1) is 12.5. The molecule has 0 aliphatic heterocycles. The summed E-state index contributed by atoms with van der Waals surface area (Å²) in [6.07, 6.45) is 2.08. The molecule has 0 bridgehead atoms. The first-order chi connectivity index (χ1) is 7.56. The van der Waals surface area contributed by atoms with Crippen LogP contribution < -0.4 is 5.32 Å². The molecule has 1 rings (SSSR count). The number of aromatic carboxylic acids is 1. The number of nitrogens with one attached hydrogen (secondary N) is 1. The fourth-order valence-electron chi connectivity index (χ4n) is 1.62. The number of carboxylic acids is 1. The number of rotatable bonds is 5. The molecule has 0 spiro atoms. The lowest BCUT2D eigenvalue weighted by Gasteiger charge is -2.11. The Morgan fingerprint density at radius 3 is 2.75 bits per heavy atom. The predicted octanol–water partition coefficient (Wildman–Crippen LogP) is 2.61. The van der Waals surface area contributed by atoms with E-state index in [0.717, 1.165) is 30.6 Å². The van der Waals surface area contributed by atoms with E-state index >= 15 is 0 Å². The van der Waals surface area contributed by atoms with E-state index in [1.165, 1.54) is 0 Å². The second-order valence-electron chi connectivity index (χ2n) is 3.89. The summed E-state index contributed by atoms with van der Waals surface area (Å²) in [4.78, 5) is 15.3. The van der Waals surface area contributed by atoms with E-state index in [-0.39, 0.29) is 5.56 Å². The van der Waals surface area contributed by atoms with Crippen LogP contribution in [0.3, 0.4) is 0 Å². The van der Waals surface area contributed by atoms with Crippen molar-refractivity contribution in [3.63, 3.8) is 0 Å². The highest BCUT2D eigenvalue weighted by Crippen LogP contribution is 2.18. The summed E-state index contributed by atoms with van der Waals surface area (Å²) >= 11 is 0. The van der Waals surface area contributed by atoms with E-state index in [9.17, 15) is 4.79 Å². The zero-order chi connectivity index (χ0) is 12.1. The van der Waals surface area contributed by atoms with Crippen molar-refractivity contribution in [2.24, 2.45) is 0 Å². The zero-order valence-corrected chi connectivity index (χ0v) is 10.0. The number of carbonyl (C=O) groups is 1. The number of carboxylic acid groups (broad SMARTS) is 1. The molecule has 0 amide bonds. The molecule has 1 heterocycles. The second-order valence-corrected chi connectivity index (χ2v) is 3.89. The van der Waals surface area contributed by atoms with E-state index in [1.807, 2.05) is 6.92 Å². The van der Waals surface area contributed by atoms with Crippen molar-refractivity contribution in [1.82, 2.24) is 4.98 Å². The van der Waals surface area contributed by atoms with Crippen LogP contribution in [0.15, 0.2) is 6.07 Å². The fourth-order valence-corrected chi connectivity index (χ4v) is 1.62. The summed E-state index contributed by atoms with van der Waals surface area (Å²) in [5.41, 5.74) is 1.86. The van der Waals surface area contributed by atoms with Gasteiger partial charge in [-0.3, -0.25) is 0 Å². The molecule has 0 atom stereocenters. The van der Waals surface area contributed by atoms with Gasteiger partial charge in [-0.1, -0.05) is 13.3 Å². The van der Waals surface area contributed by atoms with E-state index in [1.54, 1.807) is 13.0 Å². The molecule has 88 valence electrons. The van der Waals surface area contributed by atoms with Crippen molar-refractivity contribution in [3.05, 3.63) is 22.9 Å². The van der Waals surface area contributed by atoms with Crippen molar-refractivity contribution in [3.8, 4) is 0 Å². The quantitative estimate of drug-likeness (QED) is 0.752. The minimum absolute atomic E-state index is 0.279. The Bertz CT molecular complexity index is 389. The van der Waals surface area contributed by atoms with Gasteiger partial charge in [0.2, 0.25) is 0 Å². The number of pyridine rings is 1. The van der Waals surface area contributed by atoms with Gasteiger partial charge in [0.25, 0.3) is 0 Å². The zero-order valence-electron chi connectivity index (χ0n) is 10.0. The average Bonchev–Trinajstić information content (AvgIpc) is 2.16. The van der Waals surface area contributed by atoms with Crippen LogP contribution in [0, 0.1) is 13.8 Å². The van der Waals surface area contributed by atoms with Crippen molar-refractivity contribution in [2.45, 2.75) is 33.6 Å². The van der Waals surface area contributed by atoms with Gasteiger partial charge in [-0.25, -0.2) is 9.78 Å². The van der Waals surface area contributed by atoms with E-state index in [4.69, 9.17) is 5.11 Å². The molecule has 0 saturated carbocycles. The Labute approximate surface area is 95.7 Å². The lowest BCUT2D eigenvalue weighted by molar-refractivity contribution is 0.0697. The van der Waals surface area contributed by atoms with Gasteiger partial charge in [0.15, 0.2) is 0 Å². The summed E-state index contributed by atoms with van der Waals surface area (Å²) < 4.78 is 0. The molecule has 0 saturated heterocycles. The fraction of sp³-hybridized carbons (Fsp3) is 0.500. The lowest BCUT2D eigenvalue weighted by atomic mass is 10.1. The summed E-state index contributed by atoms with van der Waals surface area (Å²) in [7, 11) is 0. The standard InChI is InChI=1S/C12H18N2O2/c1-4-5-6-13-11-10(12(15)16)8(2)7-9(3)14-11/h7H,4-6H2,1-3H3,(H,13,14)(H,15,16). The minimum Gasteiger partial charge on any atom is -0.478 e. The van der Waals surface area contributed by atoms with Crippen LogP contribution in [0.4, 0.5) is 5.82 Å². The Kier molecular flexibility index (Phi) is 4.28. The van der Waals surface area contributed by atoms with E-state index in [0.29, 0.717) is 5.82 Å². The molecule has 4 heteroatoms. The highest BCUT2D eigenvalue weighted by Gasteiger charge is 2.14.